The van der Waals surface area contributed by atoms with Crippen LogP contribution in [0.2, 0.25) is 5.28 Å². The van der Waals surface area contributed by atoms with Gasteiger partial charge in [-0.2, -0.15) is 31.8 Å². The maximum absolute atomic E-state index is 12.1. The van der Waals surface area contributed by atoms with Crippen molar-refractivity contribution in [3.63, 3.8) is 0 Å². The summed E-state index contributed by atoms with van der Waals surface area (Å²) in [7, 11) is -9.65. The van der Waals surface area contributed by atoms with E-state index in [0.29, 0.717) is 16.9 Å². The molecule has 0 bridgehead atoms. The van der Waals surface area contributed by atoms with Crippen LogP contribution in [0.25, 0.3) is 10.8 Å². The smallest absolute Gasteiger partial charge is 0.433 e. The number of nitrogens with one attached hydrogen (secondary N) is 1. The average Bonchev–Trinajstić information content (AvgIpc) is 2.98. The number of nitrogens with zero attached hydrogens (tertiary/aromatic N) is 5. The summed E-state index contributed by atoms with van der Waals surface area (Å²) in [5.41, 5.74) is -0.571. The van der Waals surface area contributed by atoms with Gasteiger partial charge >= 0.3 is 10.4 Å². The maximum atomic E-state index is 12.1. The van der Waals surface area contributed by atoms with Gasteiger partial charge in [-0.15, -0.1) is 14.6 Å². The molecule has 19 nitrogen and oxygen atoms in total. The third-order valence-electron chi connectivity index (χ3n) is 5.17. The van der Waals surface area contributed by atoms with Crippen molar-refractivity contribution in [2.45, 2.75) is 19.8 Å². The molecular formula is C22H15ClCuN6O13S5. The van der Waals surface area contributed by atoms with Crippen molar-refractivity contribution in [1.82, 2.24) is 15.0 Å². The number of azo groups is 1. The zero-order valence-corrected chi connectivity index (χ0v) is 28.7. The summed E-state index contributed by atoms with van der Waals surface area (Å²) in [5, 5.41) is 47.1. The monoisotopic (exact) mass is 829 g/mol. The largest absolute Gasteiger partial charge is 0.506 e. The van der Waals surface area contributed by atoms with Crippen LogP contribution in [-0.4, -0.2) is 62.6 Å². The summed E-state index contributed by atoms with van der Waals surface area (Å²) in [6.07, 6.45) is 3.51. The van der Waals surface area contributed by atoms with E-state index in [2.05, 4.69) is 54.3 Å². The van der Waals surface area contributed by atoms with Gasteiger partial charge in [-0.1, -0.05) is 16.8 Å². The van der Waals surface area contributed by atoms with Gasteiger partial charge in [0, 0.05) is 32.6 Å². The number of fused-ring (bicyclic) bond motifs is 1. The van der Waals surface area contributed by atoms with Crippen molar-refractivity contribution in [2.24, 2.45) is 10.2 Å². The SMILES string of the molecule is CSc1nc(Cl)nc(Nc2cc(S(=O)(=O)O)cc3cc(SOOO)c(N=Nc4ccc(SC#COOS(=O)(=O)O)cc4O)c(O)c23)n1.[Cu]. The van der Waals surface area contributed by atoms with Gasteiger partial charge in [-0.3, -0.25) is 14.0 Å². The van der Waals surface area contributed by atoms with Gasteiger partial charge in [-0.25, -0.2) is 5.26 Å². The molecule has 1 aromatic heterocycles. The minimum absolute atomic E-state index is 0. The van der Waals surface area contributed by atoms with E-state index in [0.717, 1.165) is 35.7 Å². The van der Waals surface area contributed by atoms with Gasteiger partial charge in [-0.05, 0) is 75.7 Å². The molecule has 1 radical (unpaired) electrons. The van der Waals surface area contributed by atoms with Crippen LogP contribution in [0.4, 0.5) is 23.0 Å². The zero-order chi connectivity index (χ0) is 34.4. The van der Waals surface area contributed by atoms with Crippen molar-refractivity contribution in [1.29, 1.82) is 0 Å². The number of anilines is 2. The van der Waals surface area contributed by atoms with E-state index in [1.807, 2.05) is 6.11 Å². The predicted molar refractivity (Wildman–Crippen MR) is 166 cm³/mol. The fourth-order valence-corrected chi connectivity index (χ4v) is 5.65. The number of aromatic nitrogens is 3. The Morgan fingerprint density at radius 1 is 1.02 bits per heavy atom. The van der Waals surface area contributed by atoms with Gasteiger partial charge < -0.3 is 15.5 Å². The number of rotatable bonds is 12. The van der Waals surface area contributed by atoms with Gasteiger partial charge in [0.05, 0.1) is 27.5 Å². The molecule has 26 heteroatoms. The molecule has 0 saturated carbocycles. The molecule has 0 saturated heterocycles. The fraction of sp³-hybridized carbons (Fsp3) is 0.0455. The Labute approximate surface area is 298 Å². The second-order valence-electron chi connectivity index (χ2n) is 8.12. The molecule has 48 heavy (non-hydrogen) atoms. The number of phenols is 2. The van der Waals surface area contributed by atoms with E-state index in [1.54, 1.807) is 6.26 Å². The normalized spacial score (nSPS) is 11.6. The molecule has 0 atom stereocenters. The van der Waals surface area contributed by atoms with E-state index in [4.69, 9.17) is 21.4 Å². The Bertz CT molecular complexity index is 2150. The van der Waals surface area contributed by atoms with Gasteiger partial charge in [0.2, 0.25) is 11.2 Å². The molecule has 259 valence electrons. The van der Waals surface area contributed by atoms with Crippen LogP contribution < -0.4 is 5.32 Å². The molecule has 6 N–H and O–H groups in total. The number of hydrogen-bond donors (Lipinski definition) is 6. The predicted octanol–water partition coefficient (Wildman–Crippen LogP) is 5.40. The van der Waals surface area contributed by atoms with E-state index < -0.39 is 36.9 Å². The number of halogens is 1. The second-order valence-corrected chi connectivity index (χ2v) is 13.3. The van der Waals surface area contributed by atoms with Gasteiger partial charge in [0.15, 0.2) is 17.0 Å². The zero-order valence-electron chi connectivity index (χ0n) is 22.9. The number of hydrogen-bond acceptors (Lipinski definition) is 20. The minimum atomic E-state index is -4.86. The van der Waals surface area contributed by atoms with Crippen LogP contribution in [0.3, 0.4) is 0 Å². The van der Waals surface area contributed by atoms with Gasteiger partial charge in [0.1, 0.15) is 17.1 Å². The molecule has 1 heterocycles. The third kappa shape index (κ3) is 10.7. The summed E-state index contributed by atoms with van der Waals surface area (Å²) >= 11 is 8.21. The molecule has 0 aliphatic carbocycles. The summed E-state index contributed by atoms with van der Waals surface area (Å²) in [6, 6.07) is 7.20. The molecule has 4 aromatic rings. The van der Waals surface area contributed by atoms with Gasteiger partial charge in [0.25, 0.3) is 10.1 Å². The van der Waals surface area contributed by atoms with Crippen LogP contribution in [0.1, 0.15) is 0 Å². The van der Waals surface area contributed by atoms with E-state index in [1.165, 1.54) is 24.3 Å². The van der Waals surface area contributed by atoms with Crippen LogP contribution in [0.15, 0.2) is 66.5 Å². The van der Waals surface area contributed by atoms with E-state index in [-0.39, 0.29) is 66.2 Å². The molecule has 4 rings (SSSR count). The van der Waals surface area contributed by atoms with Crippen LogP contribution in [-0.2, 0) is 56.2 Å². The Hall–Kier alpha value is -3.19. The molecule has 0 spiro atoms. The Morgan fingerprint density at radius 2 is 1.77 bits per heavy atom. The molecular weight excluding hydrogens is 816 g/mol. The van der Waals surface area contributed by atoms with Crippen molar-refractivity contribution in [3.05, 3.63) is 41.7 Å². The quantitative estimate of drug-likeness (QED) is 0.0152. The molecule has 0 unspecified atom stereocenters. The summed E-state index contributed by atoms with van der Waals surface area (Å²) in [6.45, 7) is 0. The number of phenolic OH excluding ortho intramolecular Hbond substituents is 2. The first kappa shape index (κ1) is 39.2. The molecule has 0 fully saturated rings. The van der Waals surface area contributed by atoms with Crippen molar-refractivity contribution in [2.75, 3.05) is 11.6 Å². The Kier molecular flexibility index (Phi) is 13.9. The van der Waals surface area contributed by atoms with E-state index >= 15 is 0 Å². The van der Waals surface area contributed by atoms with Crippen molar-refractivity contribution >= 4 is 101 Å². The number of benzene rings is 3. The van der Waals surface area contributed by atoms with Crippen molar-refractivity contribution < 1.29 is 77.1 Å². The molecule has 0 aliphatic rings. The number of aromatic hydroxyl groups is 2. The maximum Gasteiger partial charge on any atom is 0.433 e. The molecule has 0 amide bonds. The van der Waals surface area contributed by atoms with Crippen molar-refractivity contribution in [3.8, 4) is 22.9 Å². The molecule has 3 aromatic carbocycles. The fourth-order valence-electron chi connectivity index (χ4n) is 3.43. The third-order valence-corrected chi connectivity index (χ3v) is 8.25. The average molecular weight is 831 g/mol. The Balaban J connectivity index is 0.00000625. The van der Waals surface area contributed by atoms with E-state index in [9.17, 15) is 31.6 Å². The summed E-state index contributed by atoms with van der Waals surface area (Å²) < 4.78 is 71.3. The summed E-state index contributed by atoms with van der Waals surface area (Å²) in [5.74, 6) is -1.19. The minimum Gasteiger partial charge on any atom is -0.506 e. The Morgan fingerprint density at radius 3 is 2.42 bits per heavy atom. The topological polar surface area (TPSA) is 282 Å². The van der Waals surface area contributed by atoms with Crippen LogP contribution in [0, 0.1) is 11.4 Å². The summed E-state index contributed by atoms with van der Waals surface area (Å²) in [4.78, 5) is 15.6. The molecule has 0 aliphatic heterocycles. The second kappa shape index (κ2) is 17.0. The number of thioether (sulfide) groups is 2. The standard InChI is InChI=1S/C22H15ClN6O13S5.Cu/c1-43-22-26-20(23)25-21(27-22)24-14-9-12(46(33,34)35)6-10-7-16(45-41-40-32)18(19(31)17(10)14)29-28-13-3-2-11(8-15(13)30)44-5-4-39-42-47(36,37)38;/h2-3,6-9,30-32H,1H3,(H,33,34,35)(H,36,37,38)(H,24,25,26,27);. The van der Waals surface area contributed by atoms with Crippen LogP contribution >= 0.6 is 47.2 Å². The first-order valence-electron chi connectivity index (χ1n) is 11.6. The first-order chi connectivity index (χ1) is 22.2. The first-order valence-corrected chi connectivity index (χ1v) is 17.6. The van der Waals surface area contributed by atoms with Crippen LogP contribution in [0.5, 0.6) is 11.5 Å².